The van der Waals surface area contributed by atoms with Gasteiger partial charge in [0.05, 0.1) is 23.7 Å². The number of nitrogens with one attached hydrogen (secondary N) is 3. The van der Waals surface area contributed by atoms with Crippen molar-refractivity contribution >= 4 is 39.3 Å². The van der Waals surface area contributed by atoms with Gasteiger partial charge in [0, 0.05) is 41.8 Å². The molecule has 4 atom stereocenters. The predicted molar refractivity (Wildman–Crippen MR) is 239 cm³/mol. The number of hydrogen-bond acceptors (Lipinski definition) is 8. The summed E-state index contributed by atoms with van der Waals surface area (Å²) in [5.74, 6) is 0.126. The van der Waals surface area contributed by atoms with Crippen molar-refractivity contribution in [3.63, 3.8) is 0 Å². The molecule has 61 heavy (non-hydrogen) atoms. The van der Waals surface area contributed by atoms with E-state index in [1.165, 1.54) is 19.1 Å². The third-order valence-electron chi connectivity index (χ3n) is 10.4. The van der Waals surface area contributed by atoms with Crippen LogP contribution >= 0.6 is 11.8 Å². The van der Waals surface area contributed by atoms with E-state index in [4.69, 9.17) is 9.47 Å². The molecule has 1 aliphatic heterocycles. The van der Waals surface area contributed by atoms with Gasteiger partial charge in [-0.3, -0.25) is 9.59 Å². The van der Waals surface area contributed by atoms with Crippen LogP contribution in [0.2, 0.25) is 0 Å². The van der Waals surface area contributed by atoms with Gasteiger partial charge in [-0.15, -0.1) is 11.8 Å². The SMILES string of the molecule is CC(=O)Nc1ccc(SCC2CC(c3ccc(CO)cc3)OC(c3ccc(-c4ccccc4CNC(=O)C(Cc4ccccc4)NS(=O)(=O)c4ccc(C)cc4)cc3)O2)cc1. The van der Waals surface area contributed by atoms with Gasteiger partial charge in [0.1, 0.15) is 6.04 Å². The number of carbonyl (C=O) groups excluding carboxylic acids is 2. The first-order valence-electron chi connectivity index (χ1n) is 20.1. The number of carbonyl (C=O) groups is 2. The van der Waals surface area contributed by atoms with Crippen molar-refractivity contribution in [2.75, 3.05) is 11.1 Å². The Bertz CT molecular complexity index is 2500. The number of rotatable bonds is 16. The van der Waals surface area contributed by atoms with Crippen LogP contribution in [0.1, 0.15) is 59.1 Å². The van der Waals surface area contributed by atoms with Gasteiger partial charge < -0.3 is 25.2 Å². The highest BCUT2D eigenvalue weighted by molar-refractivity contribution is 7.99. The number of ether oxygens (including phenoxy) is 2. The fraction of sp³-hybridized carbons (Fsp3) is 0.224. The second-order valence-corrected chi connectivity index (χ2v) is 17.8. The minimum atomic E-state index is -3.99. The van der Waals surface area contributed by atoms with E-state index in [1.807, 2.05) is 134 Å². The van der Waals surface area contributed by atoms with E-state index in [2.05, 4.69) is 15.4 Å². The number of benzene rings is 6. The molecule has 314 valence electrons. The number of aliphatic hydroxyl groups is 1. The van der Waals surface area contributed by atoms with Gasteiger partial charge in [-0.2, -0.15) is 4.72 Å². The molecule has 1 heterocycles. The minimum absolute atomic E-state index is 0.0375. The van der Waals surface area contributed by atoms with Crippen LogP contribution in [0.15, 0.2) is 161 Å². The Morgan fingerprint density at radius 1 is 0.770 bits per heavy atom. The van der Waals surface area contributed by atoms with Crippen LogP contribution < -0.4 is 15.4 Å². The number of thioether (sulfide) groups is 1. The Kier molecular flexibility index (Phi) is 14.5. The summed E-state index contributed by atoms with van der Waals surface area (Å²) in [6.45, 7) is 3.51. The summed E-state index contributed by atoms with van der Waals surface area (Å²) in [6.07, 6.45) is -0.207. The highest BCUT2D eigenvalue weighted by atomic mass is 32.2. The molecule has 1 saturated heterocycles. The number of sulfonamides is 1. The van der Waals surface area contributed by atoms with E-state index in [0.717, 1.165) is 55.1 Å². The lowest BCUT2D eigenvalue weighted by atomic mass is 9.97. The van der Waals surface area contributed by atoms with Crippen molar-refractivity contribution in [3.05, 3.63) is 185 Å². The normalized spacial score (nSPS) is 17.0. The Hall–Kier alpha value is -5.60. The molecule has 4 N–H and O–H groups in total. The van der Waals surface area contributed by atoms with Crippen LogP contribution in [-0.2, 0) is 48.7 Å². The molecule has 6 aromatic carbocycles. The van der Waals surface area contributed by atoms with E-state index < -0.39 is 28.3 Å². The maximum atomic E-state index is 13.8. The molecule has 0 radical (unpaired) electrons. The monoisotopic (exact) mass is 855 g/mol. The third kappa shape index (κ3) is 11.8. The first-order valence-corrected chi connectivity index (χ1v) is 22.6. The number of amides is 2. The topological polar surface area (TPSA) is 143 Å². The summed E-state index contributed by atoms with van der Waals surface area (Å²) in [5.41, 5.74) is 7.89. The van der Waals surface area contributed by atoms with E-state index in [9.17, 15) is 23.1 Å². The molecule has 4 unspecified atom stereocenters. The maximum absolute atomic E-state index is 13.8. The van der Waals surface area contributed by atoms with Gasteiger partial charge in [-0.25, -0.2) is 8.42 Å². The summed E-state index contributed by atoms with van der Waals surface area (Å²) < 4.78 is 42.7. The van der Waals surface area contributed by atoms with Crippen molar-refractivity contribution in [1.82, 2.24) is 10.0 Å². The van der Waals surface area contributed by atoms with Gasteiger partial charge in [0.15, 0.2) is 6.29 Å². The van der Waals surface area contributed by atoms with Gasteiger partial charge >= 0.3 is 0 Å². The molecule has 2 amide bonds. The van der Waals surface area contributed by atoms with E-state index in [1.54, 1.807) is 23.9 Å². The van der Waals surface area contributed by atoms with E-state index in [-0.39, 0.29) is 42.6 Å². The molecule has 12 heteroatoms. The first kappa shape index (κ1) is 43.5. The predicted octanol–water partition coefficient (Wildman–Crippen LogP) is 8.66. The van der Waals surface area contributed by atoms with Gasteiger partial charge in [0.25, 0.3) is 0 Å². The van der Waals surface area contributed by atoms with Crippen molar-refractivity contribution < 1.29 is 32.6 Å². The van der Waals surface area contributed by atoms with Crippen LogP contribution in [0.5, 0.6) is 0 Å². The summed E-state index contributed by atoms with van der Waals surface area (Å²) in [5, 5.41) is 15.4. The Morgan fingerprint density at radius 3 is 2.13 bits per heavy atom. The maximum Gasteiger partial charge on any atom is 0.241 e. The quantitative estimate of drug-likeness (QED) is 0.0709. The number of aryl methyl sites for hydroxylation is 1. The van der Waals surface area contributed by atoms with Crippen LogP contribution in [-0.4, -0.2) is 43.2 Å². The molecule has 0 aromatic heterocycles. The number of aliphatic hydroxyl groups excluding tert-OH is 1. The molecule has 7 rings (SSSR count). The average molecular weight is 856 g/mol. The van der Waals surface area contributed by atoms with E-state index >= 15 is 0 Å². The second-order valence-electron chi connectivity index (χ2n) is 15.0. The molecule has 1 aliphatic rings. The molecule has 6 aromatic rings. The average Bonchev–Trinajstić information content (AvgIpc) is 3.28. The number of anilines is 1. The third-order valence-corrected chi connectivity index (χ3v) is 13.0. The fourth-order valence-corrected chi connectivity index (χ4v) is 9.26. The van der Waals surface area contributed by atoms with Gasteiger partial charge in [0.2, 0.25) is 21.8 Å². The highest BCUT2D eigenvalue weighted by Gasteiger charge is 2.32. The largest absolute Gasteiger partial charge is 0.392 e. The highest BCUT2D eigenvalue weighted by Crippen LogP contribution is 2.40. The van der Waals surface area contributed by atoms with Crippen molar-refractivity contribution in [2.24, 2.45) is 0 Å². The van der Waals surface area contributed by atoms with Gasteiger partial charge in [-0.05, 0) is 83.1 Å². The van der Waals surface area contributed by atoms with Crippen LogP contribution in [0, 0.1) is 6.92 Å². The van der Waals surface area contributed by atoms with E-state index in [0.29, 0.717) is 12.2 Å². The zero-order valence-corrected chi connectivity index (χ0v) is 35.6. The standard InChI is InChI=1S/C49H49N3O7S2/c1-33-12-26-44(27-13-33)61(56,57)52-46(28-35-8-4-3-5-9-35)48(55)50-30-40-10-6-7-11-45(40)37-18-20-39(21-19-37)49-58-42(29-47(59-49)38-16-14-36(31-53)15-17-38)32-60-43-24-22-41(23-25-43)51-34(2)54/h3-27,42,46-47,49,52-53H,28-32H2,1-2H3,(H,50,55)(H,51,54). The van der Waals surface area contributed by atoms with Gasteiger partial charge in [-0.1, -0.05) is 121 Å². The molecular formula is C49H49N3O7S2. The van der Waals surface area contributed by atoms with Crippen LogP contribution in [0.25, 0.3) is 11.1 Å². The van der Waals surface area contributed by atoms with Crippen LogP contribution in [0.4, 0.5) is 5.69 Å². The lowest BCUT2D eigenvalue weighted by Gasteiger charge is -2.36. The van der Waals surface area contributed by atoms with Crippen molar-refractivity contribution in [3.8, 4) is 11.1 Å². The molecule has 0 aliphatic carbocycles. The van der Waals surface area contributed by atoms with Crippen LogP contribution in [0.3, 0.4) is 0 Å². The Morgan fingerprint density at radius 2 is 1.44 bits per heavy atom. The molecule has 0 spiro atoms. The molecule has 10 nitrogen and oxygen atoms in total. The minimum Gasteiger partial charge on any atom is -0.392 e. The summed E-state index contributed by atoms with van der Waals surface area (Å²) in [6, 6.07) is 46.2. The summed E-state index contributed by atoms with van der Waals surface area (Å²) in [4.78, 5) is 26.4. The lowest BCUT2D eigenvalue weighted by molar-refractivity contribution is -0.245. The van der Waals surface area contributed by atoms with Crippen molar-refractivity contribution in [1.29, 1.82) is 0 Å². The zero-order chi connectivity index (χ0) is 42.8. The summed E-state index contributed by atoms with van der Waals surface area (Å²) in [7, 11) is -3.99. The Balaban J connectivity index is 1.06. The Labute approximate surface area is 361 Å². The molecular weight excluding hydrogens is 807 g/mol. The summed E-state index contributed by atoms with van der Waals surface area (Å²) >= 11 is 1.68. The second kappa shape index (κ2) is 20.3. The molecule has 1 fully saturated rings. The molecule has 0 saturated carbocycles. The van der Waals surface area contributed by atoms with Crippen molar-refractivity contribution in [2.45, 2.75) is 74.2 Å². The fourth-order valence-electron chi connectivity index (χ4n) is 7.14. The first-order chi connectivity index (χ1) is 29.5. The number of hydrogen-bond donors (Lipinski definition) is 4. The zero-order valence-electron chi connectivity index (χ0n) is 34.0. The lowest BCUT2D eigenvalue weighted by Crippen LogP contribution is -2.47. The molecule has 0 bridgehead atoms. The smallest absolute Gasteiger partial charge is 0.241 e.